The summed E-state index contributed by atoms with van der Waals surface area (Å²) in [6.07, 6.45) is 8.42. The fourth-order valence-corrected chi connectivity index (χ4v) is 2.04. The molecule has 1 aromatic rings. The zero-order valence-electron chi connectivity index (χ0n) is 10.4. The van der Waals surface area contributed by atoms with E-state index in [0.29, 0.717) is 25.3 Å². The second-order valence-electron chi connectivity index (χ2n) is 4.42. The standard InChI is InChI=1S/C12H19N5O/c13-6-8-17-9-11(15-16-17)12(18)14-7-5-10-3-1-2-4-10/h3,9H,1-2,4-8,13H2,(H,14,18). The molecule has 2 rings (SSSR count). The lowest BCUT2D eigenvalue weighted by Crippen LogP contribution is -2.25. The molecule has 0 radical (unpaired) electrons. The third-order valence-electron chi connectivity index (χ3n) is 3.00. The largest absolute Gasteiger partial charge is 0.350 e. The average Bonchev–Trinajstić information content (AvgIpc) is 3.00. The summed E-state index contributed by atoms with van der Waals surface area (Å²) in [4.78, 5) is 11.8. The third kappa shape index (κ3) is 3.40. The monoisotopic (exact) mass is 249 g/mol. The van der Waals surface area contributed by atoms with Crippen molar-refractivity contribution in [2.75, 3.05) is 13.1 Å². The number of nitrogens with one attached hydrogen (secondary N) is 1. The molecule has 0 atom stereocenters. The number of nitrogens with two attached hydrogens (primary N) is 1. The van der Waals surface area contributed by atoms with Gasteiger partial charge in [-0.15, -0.1) is 5.10 Å². The molecule has 1 heterocycles. The summed E-state index contributed by atoms with van der Waals surface area (Å²) in [5, 5.41) is 10.5. The van der Waals surface area contributed by atoms with Gasteiger partial charge < -0.3 is 11.1 Å². The van der Waals surface area contributed by atoms with Crippen molar-refractivity contribution in [2.24, 2.45) is 5.73 Å². The van der Waals surface area contributed by atoms with Crippen LogP contribution in [0.3, 0.4) is 0 Å². The molecule has 1 aromatic heterocycles. The fourth-order valence-electron chi connectivity index (χ4n) is 2.04. The van der Waals surface area contributed by atoms with E-state index in [1.54, 1.807) is 10.9 Å². The SMILES string of the molecule is NCCn1cc(C(=O)NCCC2=CCCC2)nn1. The van der Waals surface area contributed by atoms with E-state index in [1.807, 2.05) is 0 Å². The Morgan fingerprint density at radius 1 is 1.56 bits per heavy atom. The predicted molar refractivity (Wildman–Crippen MR) is 68.0 cm³/mol. The molecular weight excluding hydrogens is 230 g/mol. The molecule has 0 bridgehead atoms. The second-order valence-corrected chi connectivity index (χ2v) is 4.42. The van der Waals surface area contributed by atoms with Gasteiger partial charge in [-0.2, -0.15) is 0 Å². The smallest absolute Gasteiger partial charge is 0.273 e. The summed E-state index contributed by atoms with van der Waals surface area (Å²) >= 11 is 0. The Labute approximate surface area is 106 Å². The van der Waals surface area contributed by atoms with Gasteiger partial charge in [0.15, 0.2) is 5.69 Å². The maximum Gasteiger partial charge on any atom is 0.273 e. The number of rotatable bonds is 6. The Bertz CT molecular complexity index is 437. The van der Waals surface area contributed by atoms with Crippen molar-refractivity contribution in [2.45, 2.75) is 32.2 Å². The van der Waals surface area contributed by atoms with E-state index >= 15 is 0 Å². The number of aromatic nitrogens is 3. The van der Waals surface area contributed by atoms with Crippen LogP contribution in [-0.2, 0) is 6.54 Å². The minimum Gasteiger partial charge on any atom is -0.350 e. The van der Waals surface area contributed by atoms with Gasteiger partial charge in [0.25, 0.3) is 5.91 Å². The van der Waals surface area contributed by atoms with Crippen molar-refractivity contribution in [3.05, 3.63) is 23.5 Å². The first-order chi connectivity index (χ1) is 8.79. The molecule has 0 aromatic carbocycles. The van der Waals surface area contributed by atoms with Gasteiger partial charge in [-0.05, 0) is 25.7 Å². The first-order valence-electron chi connectivity index (χ1n) is 6.36. The lowest BCUT2D eigenvalue weighted by Gasteiger charge is -2.03. The zero-order chi connectivity index (χ0) is 12.8. The van der Waals surface area contributed by atoms with E-state index in [4.69, 9.17) is 5.73 Å². The Morgan fingerprint density at radius 3 is 3.17 bits per heavy atom. The molecule has 0 saturated heterocycles. The maximum atomic E-state index is 11.8. The van der Waals surface area contributed by atoms with Crippen LogP contribution in [-0.4, -0.2) is 34.0 Å². The predicted octanol–water partition coefficient (Wildman–Crippen LogP) is 0.467. The van der Waals surface area contributed by atoms with Crippen LogP contribution in [0.1, 0.15) is 36.2 Å². The molecule has 0 spiro atoms. The first kappa shape index (κ1) is 12.8. The first-order valence-corrected chi connectivity index (χ1v) is 6.36. The molecule has 1 aliphatic carbocycles. The van der Waals surface area contributed by atoms with Crippen LogP contribution >= 0.6 is 0 Å². The highest BCUT2D eigenvalue weighted by Gasteiger charge is 2.10. The Hall–Kier alpha value is -1.69. The summed E-state index contributed by atoms with van der Waals surface area (Å²) in [5.74, 6) is -0.170. The van der Waals surface area contributed by atoms with Crippen molar-refractivity contribution in [3.8, 4) is 0 Å². The number of hydrogen-bond donors (Lipinski definition) is 2. The highest BCUT2D eigenvalue weighted by Crippen LogP contribution is 2.19. The van der Waals surface area contributed by atoms with E-state index < -0.39 is 0 Å². The molecule has 6 nitrogen and oxygen atoms in total. The molecule has 1 aliphatic rings. The van der Waals surface area contributed by atoms with Gasteiger partial charge >= 0.3 is 0 Å². The Morgan fingerprint density at radius 2 is 2.44 bits per heavy atom. The van der Waals surface area contributed by atoms with Crippen LogP contribution in [0.4, 0.5) is 0 Å². The van der Waals surface area contributed by atoms with Crippen LogP contribution < -0.4 is 11.1 Å². The van der Waals surface area contributed by atoms with Gasteiger partial charge in [0.1, 0.15) is 0 Å². The number of amides is 1. The lowest BCUT2D eigenvalue weighted by atomic mass is 10.2. The number of carbonyl (C=O) groups excluding carboxylic acids is 1. The Balaban J connectivity index is 1.76. The van der Waals surface area contributed by atoms with E-state index in [2.05, 4.69) is 21.7 Å². The highest BCUT2D eigenvalue weighted by atomic mass is 16.2. The zero-order valence-corrected chi connectivity index (χ0v) is 10.4. The molecule has 0 unspecified atom stereocenters. The number of hydrogen-bond acceptors (Lipinski definition) is 4. The van der Waals surface area contributed by atoms with Crippen LogP contribution in [0.25, 0.3) is 0 Å². The summed E-state index contributed by atoms with van der Waals surface area (Å²) in [7, 11) is 0. The lowest BCUT2D eigenvalue weighted by molar-refractivity contribution is 0.0949. The van der Waals surface area contributed by atoms with Gasteiger partial charge in [0.05, 0.1) is 12.7 Å². The summed E-state index contributed by atoms with van der Waals surface area (Å²) < 4.78 is 1.58. The van der Waals surface area contributed by atoms with Crippen molar-refractivity contribution in [3.63, 3.8) is 0 Å². The van der Waals surface area contributed by atoms with Gasteiger partial charge in [0, 0.05) is 13.1 Å². The summed E-state index contributed by atoms with van der Waals surface area (Å²) in [5.41, 5.74) is 7.20. The molecule has 98 valence electrons. The van der Waals surface area contributed by atoms with Gasteiger partial charge in [-0.25, -0.2) is 0 Å². The normalized spacial score (nSPS) is 14.6. The van der Waals surface area contributed by atoms with Gasteiger partial charge in [-0.3, -0.25) is 9.48 Å². The molecule has 0 saturated carbocycles. The van der Waals surface area contributed by atoms with Crippen LogP contribution in [0.5, 0.6) is 0 Å². The van der Waals surface area contributed by atoms with E-state index in [-0.39, 0.29) is 5.91 Å². The highest BCUT2D eigenvalue weighted by molar-refractivity contribution is 5.91. The number of carbonyl (C=O) groups is 1. The molecule has 18 heavy (non-hydrogen) atoms. The van der Waals surface area contributed by atoms with Gasteiger partial charge in [-0.1, -0.05) is 16.9 Å². The quantitative estimate of drug-likeness (QED) is 0.717. The molecule has 0 aliphatic heterocycles. The third-order valence-corrected chi connectivity index (χ3v) is 3.00. The molecule has 6 heteroatoms. The van der Waals surface area contributed by atoms with Crippen molar-refractivity contribution < 1.29 is 4.79 Å². The van der Waals surface area contributed by atoms with Crippen molar-refractivity contribution in [1.82, 2.24) is 20.3 Å². The van der Waals surface area contributed by atoms with Crippen molar-refractivity contribution >= 4 is 5.91 Å². The summed E-state index contributed by atoms with van der Waals surface area (Å²) in [6, 6.07) is 0. The number of nitrogens with zero attached hydrogens (tertiary/aromatic N) is 3. The summed E-state index contributed by atoms with van der Waals surface area (Å²) in [6.45, 7) is 1.72. The van der Waals surface area contributed by atoms with Crippen LogP contribution in [0, 0.1) is 0 Å². The average molecular weight is 249 g/mol. The van der Waals surface area contributed by atoms with E-state index in [0.717, 1.165) is 6.42 Å². The minimum atomic E-state index is -0.170. The van der Waals surface area contributed by atoms with Crippen molar-refractivity contribution in [1.29, 1.82) is 0 Å². The van der Waals surface area contributed by atoms with E-state index in [9.17, 15) is 4.79 Å². The second kappa shape index (κ2) is 6.30. The fraction of sp³-hybridized carbons (Fsp3) is 0.583. The minimum absolute atomic E-state index is 0.170. The Kier molecular flexibility index (Phi) is 4.46. The maximum absolute atomic E-state index is 11.8. The van der Waals surface area contributed by atoms with Crippen LogP contribution in [0.15, 0.2) is 17.8 Å². The topological polar surface area (TPSA) is 85.8 Å². The molecule has 1 amide bonds. The molecule has 3 N–H and O–H groups in total. The van der Waals surface area contributed by atoms with E-state index in [1.165, 1.54) is 24.8 Å². The molecular formula is C12H19N5O. The van der Waals surface area contributed by atoms with Gasteiger partial charge in [0.2, 0.25) is 0 Å². The van der Waals surface area contributed by atoms with Crippen LogP contribution in [0.2, 0.25) is 0 Å². The molecule has 0 fully saturated rings. The number of allylic oxidation sites excluding steroid dienone is 1.